The van der Waals surface area contributed by atoms with E-state index in [0.29, 0.717) is 17.9 Å². The standard InChI is InChI=1S/C17H21N3O2S/c21-23(22,12-14-9-17(10-14)5-6-17)19-11-15-3-1-2-4-16(15)20-8-7-18-13-20/h1-4,7-8,13-14,19H,5-6,9-12H2. The van der Waals surface area contributed by atoms with Crippen molar-refractivity contribution in [1.29, 1.82) is 0 Å². The van der Waals surface area contributed by atoms with Crippen LogP contribution in [0.1, 0.15) is 31.2 Å². The lowest BCUT2D eigenvalue weighted by atomic mass is 9.73. The Morgan fingerprint density at radius 2 is 2.04 bits per heavy atom. The van der Waals surface area contributed by atoms with Crippen LogP contribution < -0.4 is 4.72 Å². The molecule has 2 aliphatic carbocycles. The minimum atomic E-state index is -3.22. The second-order valence-corrected chi connectivity index (χ2v) is 8.83. The maximum atomic E-state index is 12.3. The van der Waals surface area contributed by atoms with Gasteiger partial charge in [-0.3, -0.25) is 0 Å². The lowest BCUT2D eigenvalue weighted by Gasteiger charge is -2.35. The molecule has 0 amide bonds. The molecule has 1 aromatic carbocycles. The SMILES string of the molecule is O=S(=O)(CC1CC2(CC2)C1)NCc1ccccc1-n1ccnc1. The average Bonchev–Trinajstić information content (AvgIpc) is 3.10. The smallest absolute Gasteiger partial charge is 0.212 e. The van der Waals surface area contributed by atoms with Crippen molar-refractivity contribution in [3.63, 3.8) is 0 Å². The summed E-state index contributed by atoms with van der Waals surface area (Å²) in [7, 11) is -3.22. The summed E-state index contributed by atoms with van der Waals surface area (Å²) in [5, 5.41) is 0. The van der Waals surface area contributed by atoms with Crippen molar-refractivity contribution in [1.82, 2.24) is 14.3 Å². The van der Waals surface area contributed by atoms with Gasteiger partial charge in [-0.1, -0.05) is 18.2 Å². The molecule has 2 aliphatic rings. The zero-order valence-electron chi connectivity index (χ0n) is 13.0. The van der Waals surface area contributed by atoms with E-state index >= 15 is 0 Å². The van der Waals surface area contributed by atoms with Crippen LogP contribution in [-0.2, 0) is 16.6 Å². The molecular formula is C17H21N3O2S. The Labute approximate surface area is 136 Å². The monoisotopic (exact) mass is 331 g/mol. The Bertz CT molecular complexity index is 787. The predicted octanol–water partition coefficient (Wildman–Crippen LogP) is 2.48. The summed E-state index contributed by atoms with van der Waals surface area (Å²) >= 11 is 0. The van der Waals surface area contributed by atoms with E-state index in [0.717, 1.165) is 24.1 Å². The minimum Gasteiger partial charge on any atom is -0.306 e. The van der Waals surface area contributed by atoms with Crippen molar-refractivity contribution >= 4 is 10.0 Å². The molecule has 23 heavy (non-hydrogen) atoms. The molecule has 0 radical (unpaired) electrons. The third-order valence-corrected chi connectivity index (χ3v) is 6.61. The molecule has 1 aromatic heterocycles. The quantitative estimate of drug-likeness (QED) is 0.884. The number of hydrogen-bond acceptors (Lipinski definition) is 3. The number of rotatable bonds is 6. The van der Waals surface area contributed by atoms with Crippen molar-refractivity contribution in [2.75, 3.05) is 5.75 Å². The first-order chi connectivity index (χ1) is 11.1. The van der Waals surface area contributed by atoms with E-state index in [-0.39, 0.29) is 5.75 Å². The number of imidazole rings is 1. The van der Waals surface area contributed by atoms with E-state index in [1.807, 2.05) is 35.0 Å². The van der Waals surface area contributed by atoms with Gasteiger partial charge in [0.05, 0.1) is 17.8 Å². The van der Waals surface area contributed by atoms with Gasteiger partial charge in [0.25, 0.3) is 0 Å². The highest BCUT2D eigenvalue weighted by atomic mass is 32.2. The zero-order chi connectivity index (χ0) is 15.9. The number of sulfonamides is 1. The van der Waals surface area contributed by atoms with Gasteiger partial charge in [-0.25, -0.2) is 18.1 Å². The third-order valence-electron chi connectivity index (χ3n) is 5.11. The fourth-order valence-electron chi connectivity index (χ4n) is 3.74. The van der Waals surface area contributed by atoms with Crippen molar-refractivity contribution in [2.45, 2.75) is 32.2 Å². The molecule has 1 heterocycles. The van der Waals surface area contributed by atoms with Crippen LogP contribution >= 0.6 is 0 Å². The van der Waals surface area contributed by atoms with Crippen LogP contribution in [0.2, 0.25) is 0 Å². The van der Waals surface area contributed by atoms with Gasteiger partial charge < -0.3 is 4.57 Å². The number of para-hydroxylation sites is 1. The van der Waals surface area contributed by atoms with Crippen molar-refractivity contribution in [2.24, 2.45) is 11.3 Å². The summed E-state index contributed by atoms with van der Waals surface area (Å²) in [5.41, 5.74) is 2.45. The van der Waals surface area contributed by atoms with Crippen LogP contribution in [0.25, 0.3) is 5.69 Å². The molecule has 2 aromatic rings. The zero-order valence-corrected chi connectivity index (χ0v) is 13.8. The highest BCUT2D eigenvalue weighted by molar-refractivity contribution is 7.89. The van der Waals surface area contributed by atoms with Crippen LogP contribution in [-0.4, -0.2) is 23.7 Å². The number of hydrogen-bond donors (Lipinski definition) is 1. The fourth-order valence-corrected chi connectivity index (χ4v) is 5.09. The first-order valence-electron chi connectivity index (χ1n) is 8.09. The van der Waals surface area contributed by atoms with E-state index < -0.39 is 10.0 Å². The highest BCUT2D eigenvalue weighted by Crippen LogP contribution is 2.63. The second kappa shape index (κ2) is 5.46. The summed E-state index contributed by atoms with van der Waals surface area (Å²) in [4.78, 5) is 4.05. The Morgan fingerprint density at radius 3 is 2.74 bits per heavy atom. The summed E-state index contributed by atoms with van der Waals surface area (Å²) < 4.78 is 29.3. The van der Waals surface area contributed by atoms with Gasteiger partial charge in [0.2, 0.25) is 10.0 Å². The van der Waals surface area contributed by atoms with Crippen LogP contribution in [0.3, 0.4) is 0 Å². The van der Waals surface area contributed by atoms with E-state index in [9.17, 15) is 8.42 Å². The molecule has 4 rings (SSSR count). The largest absolute Gasteiger partial charge is 0.306 e. The molecule has 122 valence electrons. The van der Waals surface area contributed by atoms with Crippen LogP contribution in [0, 0.1) is 11.3 Å². The Hall–Kier alpha value is -1.66. The normalized spacial score (nSPS) is 19.7. The Balaban J connectivity index is 1.40. The van der Waals surface area contributed by atoms with Crippen LogP contribution in [0.5, 0.6) is 0 Å². The minimum absolute atomic E-state index is 0.266. The maximum Gasteiger partial charge on any atom is 0.212 e. The lowest BCUT2D eigenvalue weighted by molar-refractivity contribution is 0.189. The molecule has 0 aliphatic heterocycles. The van der Waals surface area contributed by atoms with Gasteiger partial charge in [0, 0.05) is 18.9 Å². The molecule has 0 bridgehead atoms. The Kier molecular flexibility index (Phi) is 3.54. The van der Waals surface area contributed by atoms with E-state index in [4.69, 9.17) is 0 Å². The van der Waals surface area contributed by atoms with Crippen molar-refractivity contribution < 1.29 is 8.42 Å². The second-order valence-electron chi connectivity index (χ2n) is 6.98. The summed E-state index contributed by atoms with van der Waals surface area (Å²) in [6.45, 7) is 0.314. The summed E-state index contributed by atoms with van der Waals surface area (Å²) in [6.07, 6.45) is 10.1. The van der Waals surface area contributed by atoms with Gasteiger partial charge >= 0.3 is 0 Å². The molecular weight excluding hydrogens is 310 g/mol. The van der Waals surface area contributed by atoms with E-state index in [1.54, 1.807) is 12.5 Å². The van der Waals surface area contributed by atoms with Gasteiger partial charge in [-0.15, -0.1) is 0 Å². The fraction of sp³-hybridized carbons (Fsp3) is 0.471. The number of benzene rings is 1. The first kappa shape index (κ1) is 14.9. The van der Waals surface area contributed by atoms with E-state index in [1.165, 1.54) is 12.8 Å². The third kappa shape index (κ3) is 3.19. The predicted molar refractivity (Wildman–Crippen MR) is 88.6 cm³/mol. The topological polar surface area (TPSA) is 64.0 Å². The highest BCUT2D eigenvalue weighted by Gasteiger charge is 2.53. The molecule has 2 saturated carbocycles. The molecule has 1 N–H and O–H groups in total. The van der Waals surface area contributed by atoms with Gasteiger partial charge in [0.1, 0.15) is 0 Å². The number of nitrogens with one attached hydrogen (secondary N) is 1. The summed E-state index contributed by atoms with van der Waals surface area (Å²) in [6, 6.07) is 7.78. The number of nitrogens with zero attached hydrogens (tertiary/aromatic N) is 2. The molecule has 5 nitrogen and oxygen atoms in total. The number of aromatic nitrogens is 2. The van der Waals surface area contributed by atoms with Crippen molar-refractivity contribution in [3.8, 4) is 5.69 Å². The van der Waals surface area contributed by atoms with Crippen LogP contribution in [0.4, 0.5) is 0 Å². The van der Waals surface area contributed by atoms with E-state index in [2.05, 4.69) is 9.71 Å². The Morgan fingerprint density at radius 1 is 1.26 bits per heavy atom. The molecule has 6 heteroatoms. The first-order valence-corrected chi connectivity index (χ1v) is 9.74. The molecule has 0 saturated heterocycles. The lowest BCUT2D eigenvalue weighted by Crippen LogP contribution is -2.36. The van der Waals surface area contributed by atoms with Gasteiger partial charge in [0.15, 0.2) is 0 Å². The molecule has 0 atom stereocenters. The maximum absolute atomic E-state index is 12.3. The molecule has 0 unspecified atom stereocenters. The van der Waals surface area contributed by atoms with Crippen molar-refractivity contribution in [3.05, 3.63) is 48.5 Å². The molecule has 2 fully saturated rings. The van der Waals surface area contributed by atoms with Gasteiger partial charge in [-0.2, -0.15) is 0 Å². The average molecular weight is 331 g/mol. The van der Waals surface area contributed by atoms with Crippen LogP contribution in [0.15, 0.2) is 43.0 Å². The summed E-state index contributed by atoms with van der Waals surface area (Å²) in [5.74, 6) is 0.612. The van der Waals surface area contributed by atoms with Gasteiger partial charge in [-0.05, 0) is 48.6 Å². The molecule has 1 spiro atoms.